The lowest BCUT2D eigenvalue weighted by atomic mass is 9.98. The highest BCUT2D eigenvalue weighted by Gasteiger charge is 2.21. The minimum atomic E-state index is 0.0991. The van der Waals surface area contributed by atoms with Gasteiger partial charge in [-0.2, -0.15) is 0 Å². The van der Waals surface area contributed by atoms with Gasteiger partial charge in [-0.3, -0.25) is 4.79 Å². The number of hydrogen-bond donors (Lipinski definition) is 1. The number of rotatable bonds is 5. The molecule has 3 rings (SSSR count). The van der Waals surface area contributed by atoms with Crippen LogP contribution in [0.2, 0.25) is 0 Å². The Labute approximate surface area is 149 Å². The van der Waals surface area contributed by atoms with E-state index >= 15 is 0 Å². The molecule has 0 bridgehead atoms. The Kier molecular flexibility index (Phi) is 5.59. The van der Waals surface area contributed by atoms with E-state index in [1.807, 2.05) is 35.2 Å². The number of phenols is 1. The fraction of sp³-hybridized carbons (Fsp3) is 0.381. The molecule has 1 N–H and O–H groups in total. The molecule has 0 radical (unpaired) electrons. The second-order valence-electron chi connectivity index (χ2n) is 6.81. The van der Waals surface area contributed by atoms with E-state index in [-0.39, 0.29) is 18.1 Å². The lowest BCUT2D eigenvalue weighted by Crippen LogP contribution is -2.38. The highest BCUT2D eigenvalue weighted by molar-refractivity contribution is 5.79. The zero-order valence-corrected chi connectivity index (χ0v) is 14.6. The summed E-state index contributed by atoms with van der Waals surface area (Å²) in [7, 11) is 0. The van der Waals surface area contributed by atoms with E-state index < -0.39 is 0 Å². The number of carbonyl (C=O) groups is 1. The third-order valence-electron chi connectivity index (χ3n) is 4.76. The predicted octanol–water partition coefficient (Wildman–Crippen LogP) is 3.77. The fourth-order valence-electron chi connectivity index (χ4n) is 3.11. The smallest absolute Gasteiger partial charge is 0.227 e. The Balaban J connectivity index is 1.67. The molecular formula is C21H25NO3. The number of benzene rings is 2. The van der Waals surface area contributed by atoms with E-state index in [4.69, 9.17) is 4.74 Å². The molecule has 1 saturated heterocycles. The minimum Gasteiger partial charge on any atom is -0.508 e. The highest BCUT2D eigenvalue weighted by atomic mass is 16.5. The van der Waals surface area contributed by atoms with Crippen LogP contribution in [0.3, 0.4) is 0 Å². The van der Waals surface area contributed by atoms with E-state index in [9.17, 15) is 9.90 Å². The first-order valence-electron chi connectivity index (χ1n) is 8.88. The van der Waals surface area contributed by atoms with Crippen molar-refractivity contribution in [3.8, 4) is 11.5 Å². The molecule has 25 heavy (non-hydrogen) atoms. The van der Waals surface area contributed by atoms with Crippen LogP contribution in [0.25, 0.3) is 0 Å². The summed E-state index contributed by atoms with van der Waals surface area (Å²) in [4.78, 5) is 14.5. The van der Waals surface area contributed by atoms with Crippen molar-refractivity contribution in [1.29, 1.82) is 0 Å². The van der Waals surface area contributed by atoms with Crippen molar-refractivity contribution in [1.82, 2.24) is 4.90 Å². The quantitative estimate of drug-likeness (QED) is 0.902. The van der Waals surface area contributed by atoms with Crippen LogP contribution in [0.5, 0.6) is 11.5 Å². The maximum absolute atomic E-state index is 12.6. The third kappa shape index (κ3) is 4.75. The van der Waals surface area contributed by atoms with E-state index in [0.29, 0.717) is 18.3 Å². The average molecular weight is 339 g/mol. The molecule has 1 fully saturated rings. The summed E-state index contributed by atoms with van der Waals surface area (Å²) in [6, 6.07) is 14.9. The molecule has 0 aromatic heterocycles. The van der Waals surface area contributed by atoms with Gasteiger partial charge >= 0.3 is 0 Å². The van der Waals surface area contributed by atoms with Gasteiger partial charge in [0.05, 0.1) is 6.42 Å². The van der Waals surface area contributed by atoms with Gasteiger partial charge in [-0.25, -0.2) is 0 Å². The molecule has 0 atom stereocenters. The van der Waals surface area contributed by atoms with Crippen molar-refractivity contribution in [3.05, 3.63) is 59.7 Å². The standard InChI is InChI=1S/C21H25NO3/c1-16-9-11-22(12-10-16)21(24)14-18-13-19(23)7-8-20(18)25-15-17-5-3-2-4-6-17/h2-8,13,16,23H,9-12,14-15H2,1H3. The first-order valence-corrected chi connectivity index (χ1v) is 8.88. The Hall–Kier alpha value is -2.49. The Morgan fingerprint density at radius 3 is 2.60 bits per heavy atom. The normalized spacial score (nSPS) is 15.2. The number of amides is 1. The number of hydrogen-bond acceptors (Lipinski definition) is 3. The summed E-state index contributed by atoms with van der Waals surface area (Å²) in [6.07, 6.45) is 2.37. The summed E-state index contributed by atoms with van der Waals surface area (Å²) >= 11 is 0. The van der Waals surface area contributed by atoms with Crippen LogP contribution < -0.4 is 4.74 Å². The zero-order chi connectivity index (χ0) is 17.6. The van der Waals surface area contributed by atoms with Crippen molar-refractivity contribution >= 4 is 5.91 Å². The maximum Gasteiger partial charge on any atom is 0.227 e. The lowest BCUT2D eigenvalue weighted by Gasteiger charge is -2.30. The molecule has 0 unspecified atom stereocenters. The van der Waals surface area contributed by atoms with Gasteiger partial charge in [0.15, 0.2) is 0 Å². The molecule has 2 aromatic rings. The van der Waals surface area contributed by atoms with Crippen LogP contribution in [0, 0.1) is 5.92 Å². The number of likely N-dealkylation sites (tertiary alicyclic amines) is 1. The van der Waals surface area contributed by atoms with Crippen molar-refractivity contribution in [3.63, 3.8) is 0 Å². The van der Waals surface area contributed by atoms with Gasteiger partial charge in [-0.1, -0.05) is 37.3 Å². The summed E-state index contributed by atoms with van der Waals surface area (Å²) in [5, 5.41) is 9.80. The highest BCUT2D eigenvalue weighted by Crippen LogP contribution is 2.26. The van der Waals surface area contributed by atoms with E-state index in [2.05, 4.69) is 6.92 Å². The van der Waals surface area contributed by atoms with Crippen LogP contribution in [-0.2, 0) is 17.8 Å². The van der Waals surface area contributed by atoms with Gasteiger partial charge < -0.3 is 14.7 Å². The summed E-state index contributed by atoms with van der Waals surface area (Å²) in [6.45, 7) is 4.30. The number of phenolic OH excluding ortho intramolecular Hbond substituents is 1. The zero-order valence-electron chi connectivity index (χ0n) is 14.6. The van der Waals surface area contributed by atoms with E-state index in [1.54, 1.807) is 18.2 Å². The van der Waals surface area contributed by atoms with Crippen molar-refractivity contribution in [2.75, 3.05) is 13.1 Å². The lowest BCUT2D eigenvalue weighted by molar-refractivity contribution is -0.131. The number of aromatic hydroxyl groups is 1. The Morgan fingerprint density at radius 2 is 1.88 bits per heavy atom. The van der Waals surface area contributed by atoms with Gasteiger partial charge in [0.2, 0.25) is 5.91 Å². The molecule has 1 aliphatic rings. The van der Waals surface area contributed by atoms with Crippen LogP contribution >= 0.6 is 0 Å². The van der Waals surface area contributed by atoms with Crippen LogP contribution in [0.4, 0.5) is 0 Å². The summed E-state index contributed by atoms with van der Waals surface area (Å²) in [5.41, 5.74) is 1.80. The van der Waals surface area contributed by atoms with Crippen LogP contribution in [0.1, 0.15) is 30.9 Å². The van der Waals surface area contributed by atoms with Crippen LogP contribution in [0.15, 0.2) is 48.5 Å². The molecule has 2 aromatic carbocycles. The SMILES string of the molecule is CC1CCN(C(=O)Cc2cc(O)ccc2OCc2ccccc2)CC1. The number of piperidine rings is 1. The van der Waals surface area contributed by atoms with E-state index in [1.165, 1.54) is 0 Å². The molecule has 132 valence electrons. The maximum atomic E-state index is 12.6. The first kappa shape index (κ1) is 17.3. The second kappa shape index (κ2) is 8.06. The van der Waals surface area contributed by atoms with Gasteiger partial charge in [0, 0.05) is 18.7 Å². The molecule has 0 aliphatic carbocycles. The predicted molar refractivity (Wildman–Crippen MR) is 97.6 cm³/mol. The molecule has 4 nitrogen and oxygen atoms in total. The third-order valence-corrected chi connectivity index (χ3v) is 4.76. The molecule has 0 saturated carbocycles. The Bertz CT molecular complexity index is 706. The number of ether oxygens (including phenoxy) is 1. The molecular weight excluding hydrogens is 314 g/mol. The summed E-state index contributed by atoms with van der Waals surface area (Å²) in [5.74, 6) is 1.60. The fourth-order valence-corrected chi connectivity index (χ4v) is 3.11. The number of nitrogens with zero attached hydrogens (tertiary/aromatic N) is 1. The topological polar surface area (TPSA) is 49.8 Å². The minimum absolute atomic E-state index is 0.0991. The van der Waals surface area contributed by atoms with Gasteiger partial charge in [0.1, 0.15) is 18.1 Å². The largest absolute Gasteiger partial charge is 0.508 e. The molecule has 0 spiro atoms. The first-order chi connectivity index (χ1) is 12.1. The molecule has 4 heteroatoms. The molecule has 1 amide bonds. The van der Waals surface area contributed by atoms with Gasteiger partial charge in [0.25, 0.3) is 0 Å². The molecule has 1 aliphatic heterocycles. The second-order valence-corrected chi connectivity index (χ2v) is 6.81. The van der Waals surface area contributed by atoms with Gasteiger partial charge in [-0.15, -0.1) is 0 Å². The van der Waals surface area contributed by atoms with Crippen molar-refractivity contribution in [2.24, 2.45) is 5.92 Å². The van der Waals surface area contributed by atoms with Crippen LogP contribution in [-0.4, -0.2) is 29.0 Å². The van der Waals surface area contributed by atoms with Crippen molar-refractivity contribution in [2.45, 2.75) is 32.8 Å². The Morgan fingerprint density at radius 1 is 1.16 bits per heavy atom. The average Bonchev–Trinajstić information content (AvgIpc) is 2.62. The van der Waals surface area contributed by atoms with E-state index in [0.717, 1.165) is 37.1 Å². The van der Waals surface area contributed by atoms with Gasteiger partial charge in [-0.05, 0) is 42.5 Å². The molecule has 1 heterocycles. The van der Waals surface area contributed by atoms with Crippen molar-refractivity contribution < 1.29 is 14.6 Å². The summed E-state index contributed by atoms with van der Waals surface area (Å²) < 4.78 is 5.90. The monoisotopic (exact) mass is 339 g/mol. The number of carbonyl (C=O) groups excluding carboxylic acids is 1.